The van der Waals surface area contributed by atoms with Crippen molar-refractivity contribution >= 4 is 23.7 Å². The van der Waals surface area contributed by atoms with Gasteiger partial charge in [-0.15, -0.1) is 0 Å². The van der Waals surface area contributed by atoms with E-state index in [9.17, 15) is 0 Å². The Morgan fingerprint density at radius 2 is 2.00 bits per heavy atom. The summed E-state index contributed by atoms with van der Waals surface area (Å²) in [6.45, 7) is 4.39. The van der Waals surface area contributed by atoms with Crippen LogP contribution >= 0.6 is 11.8 Å². The highest BCUT2D eigenvalue weighted by molar-refractivity contribution is 7.99. The number of hydrogen-bond acceptors (Lipinski definition) is 6. The molecule has 90 valence electrons. The van der Waals surface area contributed by atoms with E-state index in [1.54, 1.807) is 11.8 Å². The smallest absolute Gasteiger partial charge is 0.230 e. The van der Waals surface area contributed by atoms with Crippen molar-refractivity contribution in [3.05, 3.63) is 0 Å². The molecule has 0 amide bonds. The van der Waals surface area contributed by atoms with E-state index in [0.717, 1.165) is 12.2 Å². The molecule has 1 atom stereocenters. The number of rotatable bonds is 5. The Labute approximate surface area is 101 Å². The molecule has 2 N–H and O–H groups in total. The molecule has 0 aromatic carbocycles. The van der Waals surface area contributed by atoms with Gasteiger partial charge in [-0.05, 0) is 5.92 Å². The second kappa shape index (κ2) is 5.89. The largest absolute Gasteiger partial charge is 0.368 e. The van der Waals surface area contributed by atoms with Gasteiger partial charge in [0, 0.05) is 19.8 Å². The Balaban J connectivity index is 2.72. The van der Waals surface area contributed by atoms with Crippen LogP contribution in [0.25, 0.3) is 0 Å². The standard InChI is InChI=1S/C10H19N5S/c1-5-7(2)6-16-10-13-8(11)12-9(14-10)15(3)4/h7H,5-6H2,1-4H3,(H2,11,12,13,14). The summed E-state index contributed by atoms with van der Waals surface area (Å²) in [5, 5.41) is 0.705. The summed E-state index contributed by atoms with van der Waals surface area (Å²) in [4.78, 5) is 14.3. The van der Waals surface area contributed by atoms with Crippen molar-refractivity contribution < 1.29 is 0 Å². The van der Waals surface area contributed by atoms with Crippen LogP contribution in [0.15, 0.2) is 5.16 Å². The van der Waals surface area contributed by atoms with Gasteiger partial charge in [-0.25, -0.2) is 0 Å². The molecule has 0 spiro atoms. The molecule has 0 radical (unpaired) electrons. The number of aromatic nitrogens is 3. The fourth-order valence-electron chi connectivity index (χ4n) is 0.960. The van der Waals surface area contributed by atoms with Crippen LogP contribution in [0.2, 0.25) is 0 Å². The van der Waals surface area contributed by atoms with Crippen molar-refractivity contribution in [3.63, 3.8) is 0 Å². The lowest BCUT2D eigenvalue weighted by Crippen LogP contribution is -2.15. The van der Waals surface area contributed by atoms with Crippen molar-refractivity contribution in [2.45, 2.75) is 25.4 Å². The van der Waals surface area contributed by atoms with Crippen LogP contribution in [0.3, 0.4) is 0 Å². The summed E-state index contributed by atoms with van der Waals surface area (Å²) in [6.07, 6.45) is 1.16. The Kier molecular flexibility index (Phi) is 4.79. The summed E-state index contributed by atoms with van der Waals surface area (Å²) in [5.74, 6) is 2.56. The average molecular weight is 241 g/mol. The average Bonchev–Trinajstić information content (AvgIpc) is 2.25. The van der Waals surface area contributed by atoms with Crippen LogP contribution in [0, 0.1) is 5.92 Å². The van der Waals surface area contributed by atoms with Gasteiger partial charge >= 0.3 is 0 Å². The predicted molar refractivity (Wildman–Crippen MR) is 68.7 cm³/mol. The first-order valence-corrected chi connectivity index (χ1v) is 6.33. The monoisotopic (exact) mass is 241 g/mol. The van der Waals surface area contributed by atoms with E-state index in [1.165, 1.54) is 0 Å². The van der Waals surface area contributed by atoms with Crippen LogP contribution in [0.1, 0.15) is 20.3 Å². The van der Waals surface area contributed by atoms with Gasteiger partial charge in [0.05, 0.1) is 0 Å². The maximum absolute atomic E-state index is 5.63. The normalized spacial score (nSPS) is 12.5. The molecular formula is C10H19N5S. The first kappa shape index (κ1) is 13.0. The van der Waals surface area contributed by atoms with E-state index in [1.807, 2.05) is 19.0 Å². The fraction of sp³-hybridized carbons (Fsp3) is 0.700. The summed E-state index contributed by atoms with van der Waals surface area (Å²) in [6, 6.07) is 0. The van der Waals surface area contributed by atoms with Crippen LogP contribution < -0.4 is 10.6 Å². The molecule has 1 rings (SSSR count). The number of thioether (sulfide) groups is 1. The van der Waals surface area contributed by atoms with Crippen molar-refractivity contribution in [1.29, 1.82) is 0 Å². The first-order chi connectivity index (χ1) is 7.52. The molecule has 5 nitrogen and oxygen atoms in total. The van der Waals surface area contributed by atoms with E-state index in [-0.39, 0.29) is 5.95 Å². The molecule has 0 aliphatic rings. The number of nitrogens with zero attached hydrogens (tertiary/aromatic N) is 4. The van der Waals surface area contributed by atoms with Crippen LogP contribution in [-0.2, 0) is 0 Å². The van der Waals surface area contributed by atoms with Gasteiger partial charge in [0.2, 0.25) is 11.9 Å². The highest BCUT2D eigenvalue weighted by Gasteiger charge is 2.08. The topological polar surface area (TPSA) is 67.9 Å². The summed E-state index contributed by atoms with van der Waals surface area (Å²) in [5.41, 5.74) is 5.63. The molecule has 1 aromatic heterocycles. The fourth-order valence-corrected chi connectivity index (χ4v) is 1.93. The highest BCUT2D eigenvalue weighted by Crippen LogP contribution is 2.20. The maximum Gasteiger partial charge on any atom is 0.230 e. The highest BCUT2D eigenvalue weighted by atomic mass is 32.2. The molecule has 0 bridgehead atoms. The molecular weight excluding hydrogens is 222 g/mol. The maximum atomic E-state index is 5.63. The third-order valence-electron chi connectivity index (χ3n) is 2.21. The Hall–Kier alpha value is -1.04. The second-order valence-electron chi connectivity index (χ2n) is 4.00. The summed E-state index contributed by atoms with van der Waals surface area (Å²) in [7, 11) is 3.77. The molecule has 0 aliphatic carbocycles. The lowest BCUT2D eigenvalue weighted by molar-refractivity contribution is 0.636. The zero-order valence-corrected chi connectivity index (χ0v) is 11.1. The lowest BCUT2D eigenvalue weighted by atomic mass is 10.2. The van der Waals surface area contributed by atoms with Crippen LogP contribution in [0.5, 0.6) is 0 Å². The molecule has 0 saturated heterocycles. The van der Waals surface area contributed by atoms with Gasteiger partial charge in [-0.3, -0.25) is 0 Å². The van der Waals surface area contributed by atoms with E-state index >= 15 is 0 Å². The molecule has 6 heteroatoms. The van der Waals surface area contributed by atoms with Gasteiger partial charge in [-0.1, -0.05) is 32.0 Å². The van der Waals surface area contributed by atoms with Crippen LogP contribution in [-0.4, -0.2) is 34.8 Å². The van der Waals surface area contributed by atoms with E-state index < -0.39 is 0 Å². The number of nitrogens with two attached hydrogens (primary N) is 1. The minimum Gasteiger partial charge on any atom is -0.368 e. The van der Waals surface area contributed by atoms with E-state index in [0.29, 0.717) is 17.0 Å². The number of hydrogen-bond donors (Lipinski definition) is 1. The molecule has 1 heterocycles. The molecule has 0 saturated carbocycles. The van der Waals surface area contributed by atoms with Gasteiger partial charge in [0.1, 0.15) is 0 Å². The summed E-state index contributed by atoms with van der Waals surface area (Å²) >= 11 is 1.63. The van der Waals surface area contributed by atoms with Gasteiger partial charge < -0.3 is 10.6 Å². The number of anilines is 2. The minimum absolute atomic E-state index is 0.283. The van der Waals surface area contributed by atoms with Gasteiger partial charge in [0.25, 0.3) is 0 Å². The van der Waals surface area contributed by atoms with Gasteiger partial charge in [-0.2, -0.15) is 15.0 Å². The molecule has 0 aliphatic heterocycles. The second-order valence-corrected chi connectivity index (χ2v) is 4.98. The third kappa shape index (κ3) is 3.84. The molecule has 1 unspecified atom stereocenters. The Morgan fingerprint density at radius 3 is 2.56 bits per heavy atom. The third-order valence-corrected chi connectivity index (χ3v) is 3.39. The van der Waals surface area contributed by atoms with Gasteiger partial charge in [0.15, 0.2) is 5.16 Å². The number of nitrogen functional groups attached to an aromatic ring is 1. The quantitative estimate of drug-likeness (QED) is 0.791. The van der Waals surface area contributed by atoms with Crippen LogP contribution in [0.4, 0.5) is 11.9 Å². The predicted octanol–water partition coefficient (Wildman–Crippen LogP) is 1.66. The van der Waals surface area contributed by atoms with Crippen molar-refractivity contribution in [2.75, 3.05) is 30.5 Å². The molecule has 16 heavy (non-hydrogen) atoms. The minimum atomic E-state index is 0.283. The zero-order valence-electron chi connectivity index (χ0n) is 10.3. The van der Waals surface area contributed by atoms with Crippen molar-refractivity contribution in [2.24, 2.45) is 5.92 Å². The van der Waals surface area contributed by atoms with E-state index in [4.69, 9.17) is 5.73 Å². The van der Waals surface area contributed by atoms with Crippen molar-refractivity contribution in [1.82, 2.24) is 15.0 Å². The Morgan fingerprint density at radius 1 is 1.31 bits per heavy atom. The summed E-state index contributed by atoms with van der Waals surface area (Å²) < 4.78 is 0. The molecule has 1 aromatic rings. The first-order valence-electron chi connectivity index (χ1n) is 5.34. The molecule has 0 fully saturated rings. The zero-order chi connectivity index (χ0) is 12.1. The van der Waals surface area contributed by atoms with E-state index in [2.05, 4.69) is 28.8 Å². The lowest BCUT2D eigenvalue weighted by Gasteiger charge is -2.12. The van der Waals surface area contributed by atoms with Crippen molar-refractivity contribution in [3.8, 4) is 0 Å². The Bertz CT molecular complexity index is 342. The SMILES string of the molecule is CCC(C)CSc1nc(N)nc(N(C)C)n1.